The molecule has 0 amide bonds. The topological polar surface area (TPSA) is 17.1 Å². The van der Waals surface area contributed by atoms with E-state index in [1.807, 2.05) is 37.3 Å². The molecule has 0 radical (unpaired) electrons. The van der Waals surface area contributed by atoms with Crippen LogP contribution in [0.4, 0.5) is 0 Å². The molecule has 1 rings (SSSR count). The molecule has 1 aromatic rings. The maximum Gasteiger partial charge on any atom is 0.193 e. The van der Waals surface area contributed by atoms with Crippen LogP contribution < -0.4 is 0 Å². The molecule has 0 saturated carbocycles. The van der Waals surface area contributed by atoms with Crippen molar-refractivity contribution in [3.63, 3.8) is 0 Å². The van der Waals surface area contributed by atoms with Crippen molar-refractivity contribution >= 4 is 5.78 Å². The highest BCUT2D eigenvalue weighted by Crippen LogP contribution is 2.19. The lowest BCUT2D eigenvalue weighted by Crippen LogP contribution is -2.05. The number of Topliss-reactive ketones (excluding diaryl/α,β-unsaturated/α-hetero) is 1. The van der Waals surface area contributed by atoms with Crippen LogP contribution in [0.25, 0.3) is 0 Å². The van der Waals surface area contributed by atoms with E-state index in [-0.39, 0.29) is 11.2 Å². The van der Waals surface area contributed by atoms with Gasteiger partial charge in [-0.15, -0.1) is 18.9 Å². The summed E-state index contributed by atoms with van der Waals surface area (Å²) < 4.78 is 0. The lowest BCUT2D eigenvalue weighted by atomic mass is 9.90. The number of carbonyl (C=O) groups excluding carboxylic acids is 1. The standard InChI is InChI=1S/C21H26O.C8H14/c1-5-8-17(4)11-12-18-13-15-20(16-14-18)21(22)19(9-6-2)10-7-3;1-5-7-8(3,4)6-2/h5-7,9-10,13-17H,1-2,8,11-12H2,3-4H3;2H,5,7H2,1,3-4H3/b10-7-,19-9+;. The highest BCUT2D eigenvalue weighted by molar-refractivity contribution is 6.10. The fraction of sp³-hybridized carbons (Fsp3) is 0.414. The smallest absolute Gasteiger partial charge is 0.193 e. The maximum atomic E-state index is 12.4. The monoisotopic (exact) mass is 404 g/mol. The van der Waals surface area contributed by atoms with Crippen LogP contribution in [0.5, 0.6) is 0 Å². The SMILES string of the molecule is C#CC(C)(C)CCC.C=C/C=C(\C=C/C)C(=O)c1ccc(CCC(C)CC=C)cc1. The Morgan fingerprint density at radius 3 is 2.30 bits per heavy atom. The van der Waals surface area contributed by atoms with Crippen molar-refractivity contribution in [3.05, 3.63) is 84.5 Å². The summed E-state index contributed by atoms with van der Waals surface area (Å²) in [5, 5.41) is 0. The summed E-state index contributed by atoms with van der Waals surface area (Å²) >= 11 is 0. The Labute approximate surface area is 185 Å². The van der Waals surface area contributed by atoms with Gasteiger partial charge in [0, 0.05) is 16.6 Å². The molecule has 30 heavy (non-hydrogen) atoms. The van der Waals surface area contributed by atoms with Gasteiger partial charge in [0.05, 0.1) is 0 Å². The van der Waals surface area contributed by atoms with Crippen molar-refractivity contribution < 1.29 is 4.79 Å². The first-order valence-electron chi connectivity index (χ1n) is 10.9. The predicted octanol–water partition coefficient (Wildman–Crippen LogP) is 8.15. The Morgan fingerprint density at radius 2 is 1.87 bits per heavy atom. The van der Waals surface area contributed by atoms with Gasteiger partial charge in [0.15, 0.2) is 5.78 Å². The maximum absolute atomic E-state index is 12.4. The number of terminal acetylenes is 1. The molecule has 1 heteroatoms. The molecule has 0 aliphatic heterocycles. The van der Waals surface area contributed by atoms with Crippen molar-refractivity contribution in [2.24, 2.45) is 11.3 Å². The average molecular weight is 405 g/mol. The number of hydrogen-bond acceptors (Lipinski definition) is 1. The first-order valence-corrected chi connectivity index (χ1v) is 10.9. The Bertz CT molecular complexity index is 751. The van der Waals surface area contributed by atoms with Gasteiger partial charge >= 0.3 is 0 Å². The van der Waals surface area contributed by atoms with E-state index in [1.165, 1.54) is 12.0 Å². The number of allylic oxidation sites excluding steroid dienone is 6. The van der Waals surface area contributed by atoms with Crippen LogP contribution in [0.2, 0.25) is 0 Å². The fourth-order valence-electron chi connectivity index (χ4n) is 3.02. The molecule has 1 aromatic carbocycles. The summed E-state index contributed by atoms with van der Waals surface area (Å²) in [6.07, 6.45) is 19.8. The molecule has 162 valence electrons. The van der Waals surface area contributed by atoms with Gasteiger partial charge in [0.1, 0.15) is 0 Å². The van der Waals surface area contributed by atoms with Crippen molar-refractivity contribution in [2.45, 2.75) is 66.7 Å². The molecule has 1 unspecified atom stereocenters. The van der Waals surface area contributed by atoms with E-state index >= 15 is 0 Å². The molecular weight excluding hydrogens is 364 g/mol. The molecule has 0 N–H and O–H groups in total. The molecule has 0 aliphatic rings. The molecule has 0 aliphatic carbocycles. The van der Waals surface area contributed by atoms with Crippen molar-refractivity contribution in [2.75, 3.05) is 0 Å². The van der Waals surface area contributed by atoms with E-state index in [9.17, 15) is 4.79 Å². The zero-order chi connectivity index (χ0) is 23.0. The van der Waals surface area contributed by atoms with Crippen LogP contribution in [-0.4, -0.2) is 5.78 Å². The van der Waals surface area contributed by atoms with Gasteiger partial charge in [0.2, 0.25) is 0 Å². The number of carbonyl (C=O) groups is 1. The van der Waals surface area contributed by atoms with Gasteiger partial charge in [-0.05, 0) is 57.9 Å². The molecule has 0 spiro atoms. The summed E-state index contributed by atoms with van der Waals surface area (Å²) in [5.41, 5.74) is 2.76. The number of hydrogen-bond donors (Lipinski definition) is 0. The van der Waals surface area contributed by atoms with Gasteiger partial charge in [-0.25, -0.2) is 0 Å². The largest absolute Gasteiger partial charge is 0.289 e. The van der Waals surface area contributed by atoms with E-state index in [4.69, 9.17) is 6.42 Å². The predicted molar refractivity (Wildman–Crippen MR) is 134 cm³/mol. The Kier molecular flexibility index (Phi) is 14.0. The average Bonchev–Trinajstić information content (AvgIpc) is 2.73. The van der Waals surface area contributed by atoms with Gasteiger partial charge < -0.3 is 0 Å². The Morgan fingerprint density at radius 1 is 1.23 bits per heavy atom. The molecule has 0 heterocycles. The zero-order valence-electron chi connectivity index (χ0n) is 19.7. The second kappa shape index (κ2) is 15.3. The van der Waals surface area contributed by atoms with Crippen molar-refractivity contribution in [1.29, 1.82) is 0 Å². The lowest BCUT2D eigenvalue weighted by Gasteiger charge is -2.14. The number of benzene rings is 1. The second-order valence-electron chi connectivity index (χ2n) is 8.33. The van der Waals surface area contributed by atoms with Crippen LogP contribution in [-0.2, 0) is 6.42 Å². The summed E-state index contributed by atoms with van der Waals surface area (Å²) in [5.74, 6) is 3.42. The molecule has 1 nitrogen and oxygen atoms in total. The van der Waals surface area contributed by atoms with Crippen LogP contribution in [0.3, 0.4) is 0 Å². The van der Waals surface area contributed by atoms with E-state index in [1.54, 1.807) is 12.2 Å². The van der Waals surface area contributed by atoms with E-state index in [0.29, 0.717) is 17.1 Å². The van der Waals surface area contributed by atoms with Crippen molar-refractivity contribution in [3.8, 4) is 12.3 Å². The van der Waals surface area contributed by atoms with Crippen LogP contribution in [0.1, 0.15) is 76.2 Å². The van der Waals surface area contributed by atoms with Gasteiger partial charge in [-0.1, -0.05) is 81.5 Å². The van der Waals surface area contributed by atoms with Gasteiger partial charge in [-0.3, -0.25) is 4.79 Å². The number of rotatable bonds is 11. The summed E-state index contributed by atoms with van der Waals surface area (Å²) in [6.45, 7) is 17.9. The van der Waals surface area contributed by atoms with E-state index in [0.717, 1.165) is 25.7 Å². The van der Waals surface area contributed by atoms with Crippen LogP contribution in [0.15, 0.2) is 73.4 Å². The molecule has 0 aromatic heterocycles. The van der Waals surface area contributed by atoms with Gasteiger partial charge in [-0.2, -0.15) is 0 Å². The van der Waals surface area contributed by atoms with Crippen LogP contribution >= 0.6 is 0 Å². The van der Waals surface area contributed by atoms with E-state index < -0.39 is 0 Å². The molecule has 0 bridgehead atoms. The normalized spacial score (nSPS) is 12.5. The van der Waals surface area contributed by atoms with Gasteiger partial charge in [0.25, 0.3) is 0 Å². The highest BCUT2D eigenvalue weighted by Gasteiger charge is 2.11. The Hall–Kier alpha value is -2.59. The third-order valence-corrected chi connectivity index (χ3v) is 4.88. The highest BCUT2D eigenvalue weighted by atomic mass is 16.1. The van der Waals surface area contributed by atoms with Crippen molar-refractivity contribution in [1.82, 2.24) is 0 Å². The summed E-state index contributed by atoms with van der Waals surface area (Å²) in [6, 6.07) is 7.93. The molecule has 0 saturated heterocycles. The minimum atomic E-state index is 0.0320. The molecular formula is C29H40O. The lowest BCUT2D eigenvalue weighted by molar-refractivity contribution is 0.103. The minimum Gasteiger partial charge on any atom is -0.289 e. The molecule has 0 fully saturated rings. The number of aryl methyl sites for hydroxylation is 1. The molecule has 1 atom stereocenters. The van der Waals surface area contributed by atoms with E-state index in [2.05, 4.69) is 58.9 Å². The quantitative estimate of drug-likeness (QED) is 0.120. The first kappa shape index (κ1) is 27.4. The Balaban J connectivity index is 0.000000890. The number of ketones is 1. The minimum absolute atomic E-state index is 0.0320. The summed E-state index contributed by atoms with van der Waals surface area (Å²) in [7, 11) is 0. The van der Waals surface area contributed by atoms with Crippen LogP contribution in [0, 0.1) is 23.7 Å². The fourth-order valence-corrected chi connectivity index (χ4v) is 3.02. The first-order chi connectivity index (χ1) is 14.2. The third-order valence-electron chi connectivity index (χ3n) is 4.88. The third kappa shape index (κ3) is 11.4. The zero-order valence-corrected chi connectivity index (χ0v) is 19.7. The summed E-state index contributed by atoms with van der Waals surface area (Å²) in [4.78, 5) is 12.4. The second-order valence-corrected chi connectivity index (χ2v) is 8.33.